The Labute approximate surface area is 307 Å². The predicted molar refractivity (Wildman–Crippen MR) is 204 cm³/mol. The SMILES string of the molecule is CC1CCC2N(C1)CC1C3CC4C(CC(O)C5CC(O)C6(CCC(C7C=Cc8ccccc8C7c7ccccc7)C6)CC54C)C3CCC1C2(C)O. The Morgan fingerprint density at radius 1 is 0.745 bits per heavy atom. The van der Waals surface area contributed by atoms with Gasteiger partial charge in [-0.1, -0.05) is 80.6 Å². The monoisotopic (exact) mass is 689 g/mol. The quantitative estimate of drug-likeness (QED) is 0.296. The highest BCUT2D eigenvalue weighted by Gasteiger charge is 2.67. The standard InChI is InChI=1S/C47H63NO3/c1-28-13-18-42-46(3,51)38-17-16-34-35(37(38)26-48(42)25-28)21-39-36(34)22-41(49)40-23-43(50)47(27-45(39,40)2)20-19-31(24-47)33-15-14-29-9-7-8-12-32(29)44(33)30-10-5-4-6-11-30/h4-12,14-15,28,31,33-44,49-51H,13,16-27H2,1-3H3. The zero-order chi connectivity index (χ0) is 34.9. The first-order chi connectivity index (χ1) is 24.6. The summed E-state index contributed by atoms with van der Waals surface area (Å²) in [5.74, 6) is 5.73. The van der Waals surface area contributed by atoms with E-state index < -0.39 is 5.60 Å². The smallest absolute Gasteiger partial charge is 0.0805 e. The van der Waals surface area contributed by atoms with E-state index in [1.54, 1.807) is 0 Å². The highest BCUT2D eigenvalue weighted by Crippen LogP contribution is 2.71. The van der Waals surface area contributed by atoms with Crippen LogP contribution in [0.4, 0.5) is 0 Å². The van der Waals surface area contributed by atoms with Gasteiger partial charge in [0.05, 0.1) is 17.8 Å². The van der Waals surface area contributed by atoms with Gasteiger partial charge >= 0.3 is 0 Å². The van der Waals surface area contributed by atoms with Crippen molar-refractivity contribution in [1.82, 2.24) is 4.90 Å². The maximum atomic E-state index is 12.2. The van der Waals surface area contributed by atoms with Crippen LogP contribution in [0.15, 0.2) is 60.7 Å². The molecule has 5 saturated carbocycles. The fraction of sp³-hybridized carbons (Fsp3) is 0.702. The van der Waals surface area contributed by atoms with E-state index in [0.29, 0.717) is 59.3 Å². The van der Waals surface area contributed by atoms with Crippen LogP contribution in [-0.2, 0) is 0 Å². The minimum atomic E-state index is -0.600. The van der Waals surface area contributed by atoms with Crippen LogP contribution in [-0.4, -0.2) is 57.2 Å². The summed E-state index contributed by atoms with van der Waals surface area (Å²) < 4.78 is 0. The first-order valence-corrected chi connectivity index (χ1v) is 21.2. The van der Waals surface area contributed by atoms with Crippen molar-refractivity contribution in [3.63, 3.8) is 0 Å². The number of rotatable bonds is 2. The van der Waals surface area contributed by atoms with E-state index in [9.17, 15) is 15.3 Å². The van der Waals surface area contributed by atoms with E-state index in [1.165, 1.54) is 48.9 Å². The molecule has 8 aliphatic rings. The Kier molecular flexibility index (Phi) is 7.91. The highest BCUT2D eigenvalue weighted by molar-refractivity contribution is 5.60. The molecular formula is C47H63NO3. The van der Waals surface area contributed by atoms with E-state index in [0.717, 1.165) is 57.4 Å². The Hall–Kier alpha value is -1.98. The molecule has 4 nitrogen and oxygen atoms in total. The van der Waals surface area contributed by atoms with Gasteiger partial charge in [0, 0.05) is 25.0 Å². The van der Waals surface area contributed by atoms with Gasteiger partial charge < -0.3 is 15.3 Å². The fourth-order valence-electron chi connectivity index (χ4n) is 15.9. The molecule has 2 aromatic rings. The molecule has 4 heteroatoms. The van der Waals surface area contributed by atoms with Crippen LogP contribution in [0, 0.1) is 70.0 Å². The molecule has 2 aromatic carbocycles. The molecule has 2 aliphatic heterocycles. The molecule has 2 heterocycles. The first kappa shape index (κ1) is 33.6. The van der Waals surface area contributed by atoms with E-state index in [4.69, 9.17) is 0 Å². The summed E-state index contributed by atoms with van der Waals surface area (Å²) in [6.45, 7) is 9.49. The van der Waals surface area contributed by atoms with Gasteiger partial charge in [-0.25, -0.2) is 0 Å². The van der Waals surface area contributed by atoms with Crippen molar-refractivity contribution >= 4 is 6.08 Å². The van der Waals surface area contributed by atoms with E-state index in [1.807, 2.05) is 0 Å². The largest absolute Gasteiger partial charge is 0.393 e. The third-order valence-electron chi connectivity index (χ3n) is 18.0. The van der Waals surface area contributed by atoms with E-state index in [2.05, 4.69) is 92.4 Å². The summed E-state index contributed by atoms with van der Waals surface area (Å²) in [4.78, 5) is 2.71. The van der Waals surface area contributed by atoms with Crippen molar-refractivity contribution in [3.8, 4) is 0 Å². The number of nitrogens with zero attached hydrogens (tertiary/aromatic N) is 1. The third kappa shape index (κ3) is 4.97. The van der Waals surface area contributed by atoms with Crippen molar-refractivity contribution in [2.45, 2.75) is 121 Å². The van der Waals surface area contributed by atoms with Gasteiger partial charge in [-0.2, -0.15) is 0 Å². The maximum absolute atomic E-state index is 12.2. The van der Waals surface area contributed by atoms with Crippen LogP contribution in [0.1, 0.15) is 114 Å². The van der Waals surface area contributed by atoms with Crippen molar-refractivity contribution in [1.29, 1.82) is 0 Å². The van der Waals surface area contributed by atoms with Crippen molar-refractivity contribution in [2.75, 3.05) is 13.1 Å². The molecule has 10 rings (SSSR count). The van der Waals surface area contributed by atoms with Gasteiger partial charge in [-0.3, -0.25) is 4.90 Å². The Morgan fingerprint density at radius 3 is 2.39 bits per heavy atom. The molecule has 0 bridgehead atoms. The topological polar surface area (TPSA) is 63.9 Å². The second kappa shape index (κ2) is 12.0. The third-order valence-corrected chi connectivity index (χ3v) is 18.0. The Bertz CT molecular complexity index is 1650. The first-order valence-electron chi connectivity index (χ1n) is 21.2. The molecule has 2 saturated heterocycles. The van der Waals surface area contributed by atoms with Gasteiger partial charge in [0.25, 0.3) is 0 Å². The second-order valence-corrected chi connectivity index (χ2v) is 20.2. The predicted octanol–water partition coefficient (Wildman–Crippen LogP) is 8.55. The lowest BCUT2D eigenvalue weighted by molar-refractivity contribution is -0.180. The Morgan fingerprint density at radius 2 is 1.55 bits per heavy atom. The summed E-state index contributed by atoms with van der Waals surface area (Å²) in [5, 5.41) is 36.5. The van der Waals surface area contributed by atoms with E-state index in [-0.39, 0.29) is 29.0 Å². The lowest BCUT2D eigenvalue weighted by Crippen LogP contribution is -2.67. The van der Waals surface area contributed by atoms with Crippen LogP contribution in [0.2, 0.25) is 0 Å². The number of aliphatic hydroxyl groups excluding tert-OH is 2. The summed E-state index contributed by atoms with van der Waals surface area (Å²) in [6.07, 6.45) is 16.4. The number of benzene rings is 2. The summed E-state index contributed by atoms with van der Waals surface area (Å²) in [5.41, 5.74) is 3.60. The van der Waals surface area contributed by atoms with Crippen LogP contribution >= 0.6 is 0 Å². The molecule has 3 N–H and O–H groups in total. The number of allylic oxidation sites excluding steroid dienone is 1. The number of hydrogen-bond donors (Lipinski definition) is 3. The summed E-state index contributed by atoms with van der Waals surface area (Å²) in [7, 11) is 0. The molecule has 17 atom stereocenters. The summed E-state index contributed by atoms with van der Waals surface area (Å²) >= 11 is 0. The average Bonchev–Trinajstić information content (AvgIpc) is 3.72. The van der Waals surface area contributed by atoms with Gasteiger partial charge in [0.2, 0.25) is 0 Å². The molecule has 51 heavy (non-hydrogen) atoms. The van der Waals surface area contributed by atoms with Crippen LogP contribution in [0.25, 0.3) is 6.08 Å². The summed E-state index contributed by atoms with van der Waals surface area (Å²) in [6, 6.07) is 20.5. The lowest BCUT2D eigenvalue weighted by Gasteiger charge is -2.60. The number of piperidine rings is 2. The normalized spacial score (nSPS) is 51.6. The molecule has 17 unspecified atom stereocenters. The van der Waals surface area contributed by atoms with Crippen molar-refractivity contribution in [2.24, 2.45) is 70.0 Å². The number of hydrogen-bond acceptors (Lipinski definition) is 4. The molecule has 0 amide bonds. The maximum Gasteiger partial charge on any atom is 0.0805 e. The molecule has 0 aromatic heterocycles. The van der Waals surface area contributed by atoms with Crippen molar-refractivity contribution in [3.05, 3.63) is 77.4 Å². The molecule has 7 fully saturated rings. The van der Waals surface area contributed by atoms with Crippen molar-refractivity contribution < 1.29 is 15.3 Å². The lowest BCUT2D eigenvalue weighted by atomic mass is 9.46. The van der Waals surface area contributed by atoms with Gasteiger partial charge in [0.15, 0.2) is 0 Å². The Balaban J connectivity index is 0.940. The zero-order valence-corrected chi connectivity index (χ0v) is 31.4. The van der Waals surface area contributed by atoms with Gasteiger partial charge in [-0.05, 0) is 164 Å². The van der Waals surface area contributed by atoms with E-state index >= 15 is 0 Å². The molecule has 0 radical (unpaired) electrons. The zero-order valence-electron chi connectivity index (χ0n) is 31.4. The molecule has 274 valence electrons. The highest BCUT2D eigenvalue weighted by atomic mass is 16.3. The molecular weight excluding hydrogens is 627 g/mol. The van der Waals surface area contributed by atoms with Crippen LogP contribution < -0.4 is 0 Å². The fourth-order valence-corrected chi connectivity index (χ4v) is 15.9. The van der Waals surface area contributed by atoms with Crippen LogP contribution in [0.5, 0.6) is 0 Å². The van der Waals surface area contributed by atoms with Gasteiger partial charge in [0.1, 0.15) is 0 Å². The number of aliphatic hydroxyl groups is 3. The van der Waals surface area contributed by atoms with Crippen LogP contribution in [0.3, 0.4) is 0 Å². The van der Waals surface area contributed by atoms with Gasteiger partial charge in [-0.15, -0.1) is 0 Å². The molecule has 6 aliphatic carbocycles. The minimum Gasteiger partial charge on any atom is -0.393 e. The second-order valence-electron chi connectivity index (χ2n) is 20.2. The molecule has 1 spiro atoms. The number of fused-ring (bicyclic) bond motifs is 9. The minimum absolute atomic E-state index is 0.0521. The average molecular weight is 690 g/mol.